The molecule has 1 saturated carbocycles. The monoisotopic (exact) mass is 499 g/mol. The Morgan fingerprint density at radius 1 is 1.03 bits per heavy atom. The molecular weight excluding hydrogens is 470 g/mol. The van der Waals surface area contributed by atoms with Crippen LogP contribution in [0.3, 0.4) is 0 Å². The molecule has 36 heavy (non-hydrogen) atoms. The number of aromatic carboxylic acids is 1. The first-order chi connectivity index (χ1) is 17.4. The molecule has 2 heterocycles. The van der Waals surface area contributed by atoms with Gasteiger partial charge in [0.1, 0.15) is 0 Å². The van der Waals surface area contributed by atoms with Crippen LogP contribution in [0.15, 0.2) is 70.6 Å². The number of carboxylic acids is 1. The van der Waals surface area contributed by atoms with Gasteiger partial charge in [0, 0.05) is 23.1 Å². The van der Waals surface area contributed by atoms with Crippen LogP contribution >= 0.6 is 11.8 Å². The smallest absolute Gasteiger partial charge is 0.335 e. The van der Waals surface area contributed by atoms with Gasteiger partial charge in [-0.1, -0.05) is 43.5 Å². The molecule has 2 aliphatic rings. The van der Waals surface area contributed by atoms with Crippen molar-refractivity contribution in [2.45, 2.75) is 52.0 Å². The SMILES string of the molecule is Cc1cc(/C=C2\SC(=Nc3ccccc3)N(C3CCCCC3)C2=O)c(C)n1-c1cccc(C(=O)O)c1. The molecule has 0 atom stereocenters. The fourth-order valence-corrected chi connectivity index (χ4v) is 6.14. The van der Waals surface area contributed by atoms with Crippen molar-refractivity contribution in [2.24, 2.45) is 4.99 Å². The third-order valence-corrected chi connectivity index (χ3v) is 7.85. The van der Waals surface area contributed by atoms with Crippen LogP contribution in [-0.2, 0) is 4.79 Å². The minimum Gasteiger partial charge on any atom is -0.478 e. The summed E-state index contributed by atoms with van der Waals surface area (Å²) in [6, 6.07) is 18.9. The van der Waals surface area contributed by atoms with Crippen molar-refractivity contribution in [1.82, 2.24) is 9.47 Å². The maximum absolute atomic E-state index is 13.7. The van der Waals surface area contributed by atoms with E-state index < -0.39 is 5.97 Å². The largest absolute Gasteiger partial charge is 0.478 e. The van der Waals surface area contributed by atoms with Crippen molar-refractivity contribution in [2.75, 3.05) is 0 Å². The second-order valence-electron chi connectivity index (χ2n) is 9.32. The van der Waals surface area contributed by atoms with Gasteiger partial charge in [0.15, 0.2) is 5.17 Å². The molecule has 6 nitrogen and oxygen atoms in total. The van der Waals surface area contributed by atoms with Gasteiger partial charge < -0.3 is 9.67 Å². The van der Waals surface area contributed by atoms with Crippen LogP contribution < -0.4 is 0 Å². The number of hydrogen-bond donors (Lipinski definition) is 1. The zero-order valence-electron chi connectivity index (χ0n) is 20.5. The van der Waals surface area contributed by atoms with Crippen molar-refractivity contribution < 1.29 is 14.7 Å². The number of carbonyl (C=O) groups excluding carboxylic acids is 1. The molecule has 5 rings (SSSR count). The van der Waals surface area contributed by atoms with E-state index in [1.807, 2.05) is 71.9 Å². The van der Waals surface area contributed by atoms with Gasteiger partial charge in [-0.05, 0) is 86.5 Å². The molecule has 1 aromatic heterocycles. The zero-order valence-corrected chi connectivity index (χ0v) is 21.3. The Labute approximate surface area is 215 Å². The Morgan fingerprint density at radius 3 is 2.50 bits per heavy atom. The first-order valence-electron chi connectivity index (χ1n) is 12.3. The fourth-order valence-electron chi connectivity index (χ4n) is 5.09. The average Bonchev–Trinajstić information content (AvgIpc) is 3.34. The van der Waals surface area contributed by atoms with Crippen molar-refractivity contribution >= 4 is 40.6 Å². The van der Waals surface area contributed by atoms with Crippen molar-refractivity contribution in [3.8, 4) is 5.69 Å². The van der Waals surface area contributed by atoms with Crippen molar-refractivity contribution in [3.05, 3.63) is 88.1 Å². The molecule has 2 aromatic carbocycles. The molecule has 0 bridgehead atoms. The predicted octanol–water partition coefficient (Wildman–Crippen LogP) is 6.73. The maximum atomic E-state index is 13.7. The van der Waals surface area contributed by atoms with Gasteiger partial charge in [0.2, 0.25) is 0 Å². The lowest BCUT2D eigenvalue weighted by Gasteiger charge is -2.30. The second kappa shape index (κ2) is 10.2. The summed E-state index contributed by atoms with van der Waals surface area (Å²) in [6.45, 7) is 3.98. The number of benzene rings is 2. The quantitative estimate of drug-likeness (QED) is 0.395. The standard InChI is InChI=1S/C29H29N3O3S/c1-19-16-22(20(2)31(19)25-15-9-10-21(17-25)28(34)35)18-26-27(33)32(24-13-7-4-8-14-24)29(36-26)30-23-11-5-3-6-12-23/h3,5-6,9-12,15-18,24H,4,7-8,13-14H2,1-2H3,(H,34,35)/b26-18-,30-29?. The summed E-state index contributed by atoms with van der Waals surface area (Å²) in [5, 5.41) is 10.1. The Morgan fingerprint density at radius 2 is 1.78 bits per heavy atom. The summed E-state index contributed by atoms with van der Waals surface area (Å²) in [7, 11) is 0. The van der Waals surface area contributed by atoms with E-state index in [1.165, 1.54) is 18.2 Å². The van der Waals surface area contributed by atoms with E-state index >= 15 is 0 Å². The van der Waals surface area contributed by atoms with Crippen molar-refractivity contribution in [1.29, 1.82) is 0 Å². The second-order valence-corrected chi connectivity index (χ2v) is 10.3. The highest BCUT2D eigenvalue weighted by molar-refractivity contribution is 8.18. The normalized spacial score (nSPS) is 18.9. The highest BCUT2D eigenvalue weighted by Crippen LogP contribution is 2.39. The molecule has 0 unspecified atom stereocenters. The average molecular weight is 500 g/mol. The lowest BCUT2D eigenvalue weighted by Crippen LogP contribution is -2.40. The summed E-state index contributed by atoms with van der Waals surface area (Å²) in [4.78, 5) is 32.6. The number of carboxylic acid groups (broad SMARTS) is 1. The van der Waals surface area contributed by atoms with Crippen molar-refractivity contribution in [3.63, 3.8) is 0 Å². The van der Waals surface area contributed by atoms with Crippen LogP contribution in [0.25, 0.3) is 11.8 Å². The topological polar surface area (TPSA) is 74.9 Å². The molecule has 3 aromatic rings. The summed E-state index contributed by atoms with van der Waals surface area (Å²) in [5.74, 6) is -0.943. The van der Waals surface area contributed by atoms with E-state index in [9.17, 15) is 14.7 Å². The fraction of sp³-hybridized carbons (Fsp3) is 0.276. The number of thioether (sulfide) groups is 1. The number of rotatable bonds is 5. The van der Waals surface area contributed by atoms with Crippen LogP contribution in [0.5, 0.6) is 0 Å². The Balaban J connectivity index is 1.52. The minimum atomic E-state index is -0.956. The molecule has 1 aliphatic carbocycles. The molecular formula is C29H29N3O3S. The van der Waals surface area contributed by atoms with E-state index in [-0.39, 0.29) is 17.5 Å². The highest BCUT2D eigenvalue weighted by atomic mass is 32.2. The predicted molar refractivity (Wildman–Crippen MR) is 145 cm³/mol. The molecule has 2 fully saturated rings. The number of amidine groups is 1. The highest BCUT2D eigenvalue weighted by Gasteiger charge is 2.38. The van der Waals surface area contributed by atoms with Gasteiger partial charge in [-0.25, -0.2) is 9.79 Å². The van der Waals surface area contributed by atoms with Gasteiger partial charge >= 0.3 is 5.97 Å². The van der Waals surface area contributed by atoms with E-state index in [2.05, 4.69) is 0 Å². The Bertz CT molecular complexity index is 1370. The number of amides is 1. The maximum Gasteiger partial charge on any atom is 0.335 e. The number of carbonyl (C=O) groups is 2. The summed E-state index contributed by atoms with van der Waals surface area (Å²) in [5.41, 5.74) is 4.73. The number of para-hydroxylation sites is 1. The van der Waals surface area contributed by atoms with Crippen LogP contribution in [0.4, 0.5) is 5.69 Å². The molecule has 1 saturated heterocycles. The molecule has 0 radical (unpaired) electrons. The summed E-state index contributed by atoms with van der Waals surface area (Å²) >= 11 is 1.44. The van der Waals surface area contributed by atoms with E-state index in [0.717, 1.165) is 59.2 Å². The third kappa shape index (κ3) is 4.75. The van der Waals surface area contributed by atoms with Gasteiger partial charge in [-0.3, -0.25) is 9.69 Å². The molecule has 1 amide bonds. The van der Waals surface area contributed by atoms with Crippen LogP contribution in [0, 0.1) is 13.8 Å². The minimum absolute atomic E-state index is 0.0132. The Kier molecular flexibility index (Phi) is 6.83. The summed E-state index contributed by atoms with van der Waals surface area (Å²) < 4.78 is 2.03. The molecule has 1 aliphatic heterocycles. The zero-order chi connectivity index (χ0) is 25.2. The van der Waals surface area contributed by atoms with Gasteiger partial charge in [-0.15, -0.1) is 0 Å². The number of aromatic nitrogens is 1. The number of aliphatic imine (C=N–C) groups is 1. The number of aryl methyl sites for hydroxylation is 1. The molecule has 184 valence electrons. The van der Waals surface area contributed by atoms with Gasteiger partial charge in [-0.2, -0.15) is 0 Å². The van der Waals surface area contributed by atoms with Crippen LogP contribution in [0.1, 0.15) is 59.4 Å². The molecule has 0 spiro atoms. The van der Waals surface area contributed by atoms with E-state index in [4.69, 9.17) is 4.99 Å². The lowest BCUT2D eigenvalue weighted by atomic mass is 9.94. The lowest BCUT2D eigenvalue weighted by molar-refractivity contribution is -0.124. The van der Waals surface area contributed by atoms with E-state index in [0.29, 0.717) is 4.91 Å². The first kappa shape index (κ1) is 24.1. The first-order valence-corrected chi connectivity index (χ1v) is 13.1. The number of nitrogens with zero attached hydrogens (tertiary/aromatic N) is 3. The molecule has 1 N–H and O–H groups in total. The summed E-state index contributed by atoms with van der Waals surface area (Å²) in [6.07, 6.45) is 7.44. The molecule has 7 heteroatoms. The van der Waals surface area contributed by atoms with E-state index in [1.54, 1.807) is 18.2 Å². The van der Waals surface area contributed by atoms with Gasteiger partial charge in [0.05, 0.1) is 16.2 Å². The number of hydrogen-bond acceptors (Lipinski definition) is 4. The van der Waals surface area contributed by atoms with Gasteiger partial charge in [0.25, 0.3) is 5.91 Å². The third-order valence-electron chi connectivity index (χ3n) is 6.87. The van der Waals surface area contributed by atoms with Crippen LogP contribution in [-0.4, -0.2) is 37.7 Å². The van der Waals surface area contributed by atoms with Crippen LogP contribution in [0.2, 0.25) is 0 Å². The Hall–Kier alpha value is -3.58.